The highest BCUT2D eigenvalue weighted by molar-refractivity contribution is 7.89. The molecule has 0 aliphatic carbocycles. The Bertz CT molecular complexity index is 801. The van der Waals surface area contributed by atoms with Crippen molar-refractivity contribution in [3.63, 3.8) is 0 Å². The summed E-state index contributed by atoms with van der Waals surface area (Å²) in [4.78, 5) is 1.80. The van der Waals surface area contributed by atoms with E-state index < -0.39 is 32.4 Å². The highest BCUT2D eigenvalue weighted by atomic mass is 35.5. The molecule has 8 heteroatoms. The van der Waals surface area contributed by atoms with Gasteiger partial charge in [0, 0.05) is 0 Å². The van der Waals surface area contributed by atoms with E-state index in [1.807, 2.05) is 4.83 Å². The molecule has 2 aromatic rings. The van der Waals surface area contributed by atoms with Crippen LogP contribution in [0.15, 0.2) is 52.5 Å². The lowest BCUT2D eigenvalue weighted by molar-refractivity contribution is 0.577. The largest absolute Gasteiger partial charge is 0.276 e. The van der Waals surface area contributed by atoms with Crippen molar-refractivity contribution >= 4 is 26.8 Å². The normalized spacial score (nSPS) is 12.3. The van der Waals surface area contributed by atoms with Gasteiger partial charge in [0.05, 0.1) is 10.5 Å². The lowest BCUT2D eigenvalue weighted by Crippen LogP contribution is -2.20. The van der Waals surface area contributed by atoms with Gasteiger partial charge in [-0.2, -0.15) is 18.4 Å². The Kier molecular flexibility index (Phi) is 4.77. The van der Waals surface area contributed by atoms with Crippen LogP contribution in [0.4, 0.5) is 8.78 Å². The average Bonchev–Trinajstić information content (AvgIpc) is 2.45. The number of hydrogen-bond donors (Lipinski definition) is 1. The van der Waals surface area contributed by atoms with E-state index in [0.717, 1.165) is 23.8 Å². The van der Waals surface area contributed by atoms with Crippen molar-refractivity contribution in [1.82, 2.24) is 4.83 Å². The van der Waals surface area contributed by atoms with Gasteiger partial charge in [0.25, 0.3) is 10.0 Å². The Morgan fingerprint density at radius 2 is 1.64 bits per heavy atom. The number of aryl methyl sites for hydroxylation is 1. The van der Waals surface area contributed by atoms with E-state index in [1.54, 1.807) is 19.1 Å². The number of halogens is 3. The van der Waals surface area contributed by atoms with Crippen LogP contribution < -0.4 is 4.83 Å². The molecule has 0 aliphatic heterocycles. The van der Waals surface area contributed by atoms with Gasteiger partial charge in [-0.1, -0.05) is 35.4 Å². The summed E-state index contributed by atoms with van der Waals surface area (Å²) in [5.74, 6) is -1.88. The predicted molar refractivity (Wildman–Crippen MR) is 80.2 cm³/mol. The zero-order chi connectivity index (χ0) is 16.3. The molecule has 2 aromatic carbocycles. The molecule has 0 aliphatic rings. The van der Waals surface area contributed by atoms with Crippen molar-refractivity contribution in [2.75, 3.05) is 0 Å². The van der Waals surface area contributed by atoms with Crippen molar-refractivity contribution in [3.05, 3.63) is 65.2 Å². The molecule has 0 bridgehead atoms. The van der Waals surface area contributed by atoms with Crippen LogP contribution in [0.25, 0.3) is 0 Å². The van der Waals surface area contributed by atoms with E-state index in [9.17, 15) is 17.2 Å². The first kappa shape index (κ1) is 16.4. The smallest absolute Gasteiger partial charge is 0.206 e. The molecule has 22 heavy (non-hydrogen) atoms. The Morgan fingerprint density at radius 3 is 2.18 bits per heavy atom. The molecular weight excluding hydrogens is 334 g/mol. The zero-order valence-corrected chi connectivity index (χ0v) is 12.9. The summed E-state index contributed by atoms with van der Waals surface area (Å²) < 4.78 is 51.0. The second-order valence-corrected chi connectivity index (χ2v) is 6.43. The van der Waals surface area contributed by atoms with Crippen LogP contribution in [-0.4, -0.2) is 13.6 Å². The first-order valence-corrected chi connectivity index (χ1v) is 7.93. The van der Waals surface area contributed by atoms with E-state index in [1.165, 1.54) is 12.1 Å². The summed E-state index contributed by atoms with van der Waals surface area (Å²) >= 11 is 5.68. The minimum absolute atomic E-state index is 0.0414. The molecule has 0 heterocycles. The van der Waals surface area contributed by atoms with Gasteiger partial charge in [-0.05, 0) is 31.2 Å². The number of nitrogens with zero attached hydrogens (tertiary/aromatic N) is 1. The first-order valence-electron chi connectivity index (χ1n) is 6.07. The lowest BCUT2D eigenvalue weighted by Gasteiger charge is -2.06. The number of benzene rings is 2. The molecule has 0 saturated carbocycles. The number of hydrazone groups is 1. The van der Waals surface area contributed by atoms with E-state index in [0.29, 0.717) is 0 Å². The van der Waals surface area contributed by atoms with Crippen molar-refractivity contribution in [3.8, 4) is 0 Å². The van der Waals surface area contributed by atoms with Crippen LogP contribution >= 0.6 is 11.6 Å². The molecule has 116 valence electrons. The standard InChI is InChI=1S/C14H11ClF2N2O2S/c1-9-5-7-10(8-6-9)22(20,21)19-18-14(15)13-11(16)3-2-4-12(13)17/h2-8,19H,1H3/b18-14+. The van der Waals surface area contributed by atoms with E-state index in [-0.39, 0.29) is 4.90 Å². The van der Waals surface area contributed by atoms with E-state index in [4.69, 9.17) is 11.6 Å². The van der Waals surface area contributed by atoms with Gasteiger partial charge in [-0.3, -0.25) is 0 Å². The van der Waals surface area contributed by atoms with Gasteiger partial charge in [-0.25, -0.2) is 8.78 Å². The summed E-state index contributed by atoms with van der Waals surface area (Å²) in [7, 11) is -3.97. The summed E-state index contributed by atoms with van der Waals surface area (Å²) in [6, 6.07) is 9.12. The number of nitrogens with one attached hydrogen (secondary N) is 1. The highest BCUT2D eigenvalue weighted by Gasteiger charge is 2.16. The van der Waals surface area contributed by atoms with Gasteiger partial charge in [0.2, 0.25) is 0 Å². The predicted octanol–water partition coefficient (Wildman–Crippen LogP) is 3.15. The maximum Gasteiger partial charge on any atom is 0.276 e. The summed E-state index contributed by atoms with van der Waals surface area (Å²) in [5.41, 5.74) is 0.282. The van der Waals surface area contributed by atoms with Crippen LogP contribution in [0.2, 0.25) is 0 Å². The molecule has 4 nitrogen and oxygen atoms in total. The monoisotopic (exact) mass is 344 g/mol. The molecule has 0 unspecified atom stereocenters. The summed E-state index contributed by atoms with van der Waals surface area (Å²) in [6.45, 7) is 1.81. The fraction of sp³-hybridized carbons (Fsp3) is 0.0714. The minimum Gasteiger partial charge on any atom is -0.206 e. The van der Waals surface area contributed by atoms with Crippen LogP contribution in [0.5, 0.6) is 0 Å². The van der Waals surface area contributed by atoms with Crippen molar-refractivity contribution in [2.45, 2.75) is 11.8 Å². The van der Waals surface area contributed by atoms with Crippen LogP contribution in [0.3, 0.4) is 0 Å². The third-order valence-corrected chi connectivity index (χ3v) is 4.26. The summed E-state index contributed by atoms with van der Waals surface area (Å²) in [6.07, 6.45) is 0. The molecule has 0 aromatic heterocycles. The number of rotatable bonds is 4. The zero-order valence-electron chi connectivity index (χ0n) is 11.3. The van der Waals surface area contributed by atoms with E-state index in [2.05, 4.69) is 5.10 Å². The molecule has 0 fully saturated rings. The maximum absolute atomic E-state index is 13.5. The SMILES string of the molecule is Cc1ccc(S(=O)(=O)N/N=C(/Cl)c2c(F)cccc2F)cc1. The van der Waals surface area contributed by atoms with Crippen molar-refractivity contribution < 1.29 is 17.2 Å². The molecule has 1 N–H and O–H groups in total. The third kappa shape index (κ3) is 3.61. The van der Waals surface area contributed by atoms with Crippen molar-refractivity contribution in [1.29, 1.82) is 0 Å². The minimum atomic E-state index is -3.97. The molecule has 0 atom stereocenters. The topological polar surface area (TPSA) is 58.5 Å². The van der Waals surface area contributed by atoms with Crippen LogP contribution in [-0.2, 0) is 10.0 Å². The fourth-order valence-corrected chi connectivity index (χ4v) is 2.71. The summed E-state index contributed by atoms with van der Waals surface area (Å²) in [5, 5.41) is 2.72. The average molecular weight is 345 g/mol. The van der Waals surface area contributed by atoms with Gasteiger partial charge in [0.1, 0.15) is 11.6 Å². The first-order chi connectivity index (χ1) is 10.3. The van der Waals surface area contributed by atoms with Gasteiger partial charge in [0.15, 0.2) is 5.17 Å². The molecule has 0 saturated heterocycles. The van der Waals surface area contributed by atoms with Gasteiger partial charge < -0.3 is 0 Å². The number of hydrogen-bond acceptors (Lipinski definition) is 3. The van der Waals surface area contributed by atoms with Crippen LogP contribution in [0.1, 0.15) is 11.1 Å². The fourth-order valence-electron chi connectivity index (χ4n) is 1.62. The molecule has 0 radical (unpaired) electrons. The Balaban J connectivity index is 2.29. The number of sulfonamides is 1. The molecule has 0 amide bonds. The Morgan fingerprint density at radius 1 is 1.09 bits per heavy atom. The molecule has 0 spiro atoms. The maximum atomic E-state index is 13.5. The van der Waals surface area contributed by atoms with Crippen LogP contribution in [0, 0.1) is 18.6 Å². The van der Waals surface area contributed by atoms with E-state index >= 15 is 0 Å². The Labute approximate surface area is 131 Å². The lowest BCUT2D eigenvalue weighted by atomic mass is 10.2. The van der Waals surface area contributed by atoms with Gasteiger partial charge in [-0.15, -0.1) is 0 Å². The second kappa shape index (κ2) is 6.41. The Hall–Kier alpha value is -1.99. The second-order valence-electron chi connectivity index (χ2n) is 4.41. The van der Waals surface area contributed by atoms with Gasteiger partial charge >= 0.3 is 0 Å². The molecule has 2 rings (SSSR count). The molecular formula is C14H11ClF2N2O2S. The third-order valence-electron chi connectivity index (χ3n) is 2.76. The highest BCUT2D eigenvalue weighted by Crippen LogP contribution is 2.16. The quantitative estimate of drug-likeness (QED) is 0.684. The van der Waals surface area contributed by atoms with Crippen molar-refractivity contribution in [2.24, 2.45) is 5.10 Å².